The second-order valence-corrected chi connectivity index (χ2v) is 7.77. The molecule has 2 aromatic rings. The van der Waals surface area contributed by atoms with E-state index in [9.17, 15) is 9.59 Å². The molecule has 29 heavy (non-hydrogen) atoms. The van der Waals surface area contributed by atoms with Gasteiger partial charge in [-0.05, 0) is 45.2 Å². The van der Waals surface area contributed by atoms with E-state index in [1.54, 1.807) is 6.20 Å². The second-order valence-electron chi connectivity index (χ2n) is 7.77. The molecule has 4 rings (SSSR count). The summed E-state index contributed by atoms with van der Waals surface area (Å²) in [5.41, 5.74) is 7.89. The van der Waals surface area contributed by atoms with Crippen LogP contribution < -0.4 is 10.6 Å². The Morgan fingerprint density at radius 3 is 2.66 bits per heavy atom. The van der Waals surface area contributed by atoms with E-state index in [-0.39, 0.29) is 17.9 Å². The summed E-state index contributed by atoms with van der Waals surface area (Å²) in [6.45, 7) is 4.70. The van der Waals surface area contributed by atoms with Crippen molar-refractivity contribution in [3.8, 4) is 0 Å². The maximum absolute atomic E-state index is 12.6. The number of hydrogen-bond acceptors (Lipinski definition) is 6. The minimum absolute atomic E-state index is 0.136. The van der Waals surface area contributed by atoms with E-state index in [0.717, 1.165) is 61.9 Å². The predicted octanol–water partition coefficient (Wildman–Crippen LogP) is 2.33. The standard InChI is InChI=1S/C22H28N4O3/c1-2-29-22(28)17-14-24-18-7-4-3-6-16(18)20(17)25-12-9-15(10-13-25)26-11-5-8-19(26)21(23)27/h3-4,6-7,14-15,19H,2,5,8-13H2,1H3,(H2,23,27). The number of carbonyl (C=O) groups is 2. The summed E-state index contributed by atoms with van der Waals surface area (Å²) in [5, 5.41) is 0.965. The zero-order chi connectivity index (χ0) is 20.4. The number of nitrogens with zero attached hydrogens (tertiary/aromatic N) is 3. The van der Waals surface area contributed by atoms with Gasteiger partial charge in [0.05, 0.1) is 23.9 Å². The van der Waals surface area contributed by atoms with Gasteiger partial charge in [0, 0.05) is 30.7 Å². The number of ether oxygens (including phenoxy) is 1. The third-order valence-corrected chi connectivity index (χ3v) is 6.11. The number of primary amides is 1. The Hall–Kier alpha value is -2.67. The Labute approximate surface area is 170 Å². The van der Waals surface area contributed by atoms with Crippen molar-refractivity contribution >= 4 is 28.5 Å². The van der Waals surface area contributed by atoms with Crippen molar-refractivity contribution in [1.82, 2.24) is 9.88 Å². The summed E-state index contributed by atoms with van der Waals surface area (Å²) in [4.78, 5) is 33.4. The topological polar surface area (TPSA) is 88.8 Å². The quantitative estimate of drug-likeness (QED) is 0.781. The van der Waals surface area contributed by atoms with E-state index in [2.05, 4.69) is 14.8 Å². The van der Waals surface area contributed by atoms with E-state index in [4.69, 9.17) is 10.5 Å². The number of likely N-dealkylation sites (tertiary alicyclic amines) is 1. The van der Waals surface area contributed by atoms with Gasteiger partial charge in [-0.15, -0.1) is 0 Å². The van der Waals surface area contributed by atoms with Crippen LogP contribution >= 0.6 is 0 Å². The highest BCUT2D eigenvalue weighted by molar-refractivity contribution is 6.05. The molecular weight excluding hydrogens is 368 g/mol. The van der Waals surface area contributed by atoms with Gasteiger partial charge in [0.15, 0.2) is 0 Å². The van der Waals surface area contributed by atoms with Crippen LogP contribution in [0.15, 0.2) is 30.5 Å². The van der Waals surface area contributed by atoms with Crippen LogP contribution in [-0.4, -0.2) is 60.1 Å². The number of fused-ring (bicyclic) bond motifs is 1. The Kier molecular flexibility index (Phi) is 5.67. The zero-order valence-corrected chi connectivity index (χ0v) is 16.8. The highest BCUT2D eigenvalue weighted by atomic mass is 16.5. The molecule has 3 heterocycles. The van der Waals surface area contributed by atoms with Crippen LogP contribution in [0.1, 0.15) is 43.0 Å². The van der Waals surface area contributed by atoms with Gasteiger partial charge in [0.1, 0.15) is 5.56 Å². The average Bonchev–Trinajstić information content (AvgIpc) is 3.23. The van der Waals surface area contributed by atoms with E-state index in [1.165, 1.54) is 0 Å². The van der Waals surface area contributed by atoms with Gasteiger partial charge in [-0.2, -0.15) is 0 Å². The largest absolute Gasteiger partial charge is 0.462 e. The second kappa shape index (κ2) is 8.37. The fourth-order valence-corrected chi connectivity index (χ4v) is 4.78. The van der Waals surface area contributed by atoms with Gasteiger partial charge in [0.25, 0.3) is 0 Å². The number of esters is 1. The number of rotatable bonds is 5. The highest BCUT2D eigenvalue weighted by Gasteiger charge is 2.36. The summed E-state index contributed by atoms with van der Waals surface area (Å²) >= 11 is 0. The SMILES string of the molecule is CCOC(=O)c1cnc2ccccc2c1N1CCC(N2CCCC2C(N)=O)CC1. The minimum atomic E-state index is -0.337. The van der Waals surface area contributed by atoms with E-state index in [0.29, 0.717) is 18.2 Å². The van der Waals surface area contributed by atoms with Gasteiger partial charge in [0.2, 0.25) is 5.91 Å². The van der Waals surface area contributed by atoms with Crippen molar-refractivity contribution in [1.29, 1.82) is 0 Å². The number of piperidine rings is 1. The molecule has 1 aromatic carbocycles. The predicted molar refractivity (Wildman–Crippen MR) is 112 cm³/mol. The molecule has 0 bridgehead atoms. The molecule has 0 spiro atoms. The molecule has 2 aliphatic rings. The van der Waals surface area contributed by atoms with Crippen LogP contribution in [0, 0.1) is 0 Å². The lowest BCUT2D eigenvalue weighted by molar-refractivity contribution is -0.123. The van der Waals surface area contributed by atoms with Gasteiger partial charge in [-0.1, -0.05) is 18.2 Å². The first-order valence-corrected chi connectivity index (χ1v) is 10.4. The molecule has 0 saturated carbocycles. The van der Waals surface area contributed by atoms with Crippen LogP contribution in [0.4, 0.5) is 5.69 Å². The molecule has 2 saturated heterocycles. The molecule has 2 fully saturated rings. The summed E-state index contributed by atoms with van der Waals surface area (Å²) in [7, 11) is 0. The molecule has 0 aliphatic carbocycles. The molecule has 1 amide bonds. The molecule has 154 valence electrons. The third kappa shape index (κ3) is 3.79. The Balaban J connectivity index is 1.60. The first-order valence-electron chi connectivity index (χ1n) is 10.4. The van der Waals surface area contributed by atoms with Gasteiger partial charge >= 0.3 is 5.97 Å². The molecule has 2 N–H and O–H groups in total. The van der Waals surface area contributed by atoms with Crippen LogP contribution in [0.5, 0.6) is 0 Å². The van der Waals surface area contributed by atoms with Gasteiger partial charge in [-0.3, -0.25) is 14.7 Å². The smallest absolute Gasteiger partial charge is 0.341 e. The third-order valence-electron chi connectivity index (χ3n) is 6.11. The number of hydrogen-bond donors (Lipinski definition) is 1. The van der Waals surface area contributed by atoms with Crippen LogP contribution in [-0.2, 0) is 9.53 Å². The van der Waals surface area contributed by atoms with E-state index < -0.39 is 0 Å². The van der Waals surface area contributed by atoms with Crippen molar-refractivity contribution in [2.75, 3.05) is 31.1 Å². The van der Waals surface area contributed by atoms with Crippen molar-refractivity contribution in [3.05, 3.63) is 36.0 Å². The normalized spacial score (nSPS) is 20.9. The molecule has 1 atom stereocenters. The molecule has 0 radical (unpaired) electrons. The van der Waals surface area contributed by atoms with Gasteiger partial charge < -0.3 is 15.4 Å². The lowest BCUT2D eigenvalue weighted by atomic mass is 9.99. The molecule has 1 unspecified atom stereocenters. The Morgan fingerprint density at radius 2 is 1.93 bits per heavy atom. The summed E-state index contributed by atoms with van der Waals surface area (Å²) < 4.78 is 5.29. The van der Waals surface area contributed by atoms with Crippen LogP contribution in [0.2, 0.25) is 0 Å². The van der Waals surface area contributed by atoms with Crippen molar-refractivity contribution < 1.29 is 14.3 Å². The fraction of sp³-hybridized carbons (Fsp3) is 0.500. The Bertz CT molecular complexity index is 908. The number of anilines is 1. The molecule has 7 heteroatoms. The number of carbonyl (C=O) groups excluding carboxylic acids is 2. The molecule has 7 nitrogen and oxygen atoms in total. The first-order chi connectivity index (χ1) is 14.1. The minimum Gasteiger partial charge on any atom is -0.462 e. The Morgan fingerprint density at radius 1 is 1.17 bits per heavy atom. The lowest BCUT2D eigenvalue weighted by Crippen LogP contribution is -2.50. The van der Waals surface area contributed by atoms with Crippen molar-refractivity contribution in [2.24, 2.45) is 5.73 Å². The summed E-state index contributed by atoms with van der Waals surface area (Å²) in [6, 6.07) is 8.11. The molecular formula is C22H28N4O3. The molecule has 1 aromatic heterocycles. The number of nitrogens with two attached hydrogens (primary N) is 1. The number of amides is 1. The number of para-hydroxylation sites is 1. The van der Waals surface area contributed by atoms with Crippen LogP contribution in [0.25, 0.3) is 10.9 Å². The number of pyridine rings is 1. The summed E-state index contributed by atoms with van der Waals surface area (Å²) in [6.07, 6.45) is 5.38. The fourth-order valence-electron chi connectivity index (χ4n) is 4.78. The maximum Gasteiger partial charge on any atom is 0.341 e. The summed E-state index contributed by atoms with van der Waals surface area (Å²) in [5.74, 6) is -0.550. The lowest BCUT2D eigenvalue weighted by Gasteiger charge is -2.40. The van der Waals surface area contributed by atoms with Gasteiger partial charge in [-0.25, -0.2) is 4.79 Å². The number of benzene rings is 1. The van der Waals surface area contributed by atoms with E-state index in [1.807, 2.05) is 31.2 Å². The van der Waals surface area contributed by atoms with Crippen molar-refractivity contribution in [3.63, 3.8) is 0 Å². The average molecular weight is 396 g/mol. The van der Waals surface area contributed by atoms with Crippen LogP contribution in [0.3, 0.4) is 0 Å². The highest BCUT2D eigenvalue weighted by Crippen LogP contribution is 2.34. The van der Waals surface area contributed by atoms with Crippen molar-refractivity contribution in [2.45, 2.75) is 44.7 Å². The molecule has 2 aliphatic heterocycles. The number of aromatic nitrogens is 1. The zero-order valence-electron chi connectivity index (χ0n) is 16.8. The first kappa shape index (κ1) is 19.6. The maximum atomic E-state index is 12.6. The van der Waals surface area contributed by atoms with E-state index >= 15 is 0 Å². The monoisotopic (exact) mass is 396 g/mol.